The molecule has 0 spiro atoms. The van der Waals surface area contributed by atoms with Crippen molar-refractivity contribution in [1.82, 2.24) is 15.1 Å². The summed E-state index contributed by atoms with van der Waals surface area (Å²) in [5, 5.41) is 5.80. The highest BCUT2D eigenvalue weighted by atomic mass is 19.4. The Morgan fingerprint density at radius 3 is 2.50 bits per heavy atom. The number of amides is 1. The van der Waals surface area contributed by atoms with Gasteiger partial charge in [0.1, 0.15) is 6.54 Å². The number of rotatable bonds is 4. The topological polar surface area (TPSA) is 90.3 Å². The third kappa shape index (κ3) is 4.09. The van der Waals surface area contributed by atoms with E-state index in [-0.39, 0.29) is 16.5 Å². The molecule has 7 nitrogen and oxygen atoms in total. The molecule has 0 radical (unpaired) electrons. The minimum Gasteiger partial charge on any atom is -0.451 e. The molecule has 128 valence electrons. The number of aryl methyl sites for hydroxylation is 1. The van der Waals surface area contributed by atoms with Gasteiger partial charge in [-0.3, -0.25) is 9.59 Å². The van der Waals surface area contributed by atoms with E-state index in [9.17, 15) is 27.6 Å². The first-order chi connectivity index (χ1) is 11.2. The Hall–Kier alpha value is -2.91. The van der Waals surface area contributed by atoms with Crippen LogP contribution < -0.4 is 10.9 Å². The van der Waals surface area contributed by atoms with Crippen LogP contribution >= 0.6 is 0 Å². The molecule has 0 unspecified atom stereocenters. The number of hydrogen-bond donors (Lipinski definition) is 1. The van der Waals surface area contributed by atoms with Crippen LogP contribution in [0, 0.1) is 0 Å². The van der Waals surface area contributed by atoms with Crippen molar-refractivity contribution in [3.63, 3.8) is 0 Å². The number of alkyl halides is 3. The molecule has 0 saturated carbocycles. The van der Waals surface area contributed by atoms with E-state index in [0.29, 0.717) is 0 Å². The van der Waals surface area contributed by atoms with Gasteiger partial charge >= 0.3 is 12.1 Å². The van der Waals surface area contributed by atoms with Crippen molar-refractivity contribution in [1.29, 1.82) is 0 Å². The van der Waals surface area contributed by atoms with E-state index in [1.54, 1.807) is 17.4 Å². The highest BCUT2D eigenvalue weighted by Gasteiger charge is 2.28. The highest BCUT2D eigenvalue weighted by molar-refractivity contribution is 6.02. The first-order valence-corrected chi connectivity index (χ1v) is 6.65. The average Bonchev–Trinajstić information content (AvgIpc) is 2.53. The van der Waals surface area contributed by atoms with Gasteiger partial charge in [0.2, 0.25) is 0 Å². The second-order valence-corrected chi connectivity index (χ2v) is 4.79. The van der Waals surface area contributed by atoms with Crippen LogP contribution in [0.4, 0.5) is 13.2 Å². The van der Waals surface area contributed by atoms with Crippen molar-refractivity contribution < 1.29 is 27.5 Å². The Balaban J connectivity index is 2.14. The van der Waals surface area contributed by atoms with Crippen LogP contribution in [0.1, 0.15) is 10.5 Å². The normalized spacial score (nSPS) is 11.3. The van der Waals surface area contributed by atoms with Crippen molar-refractivity contribution in [2.24, 2.45) is 7.05 Å². The summed E-state index contributed by atoms with van der Waals surface area (Å²) in [7, 11) is 1.33. The summed E-state index contributed by atoms with van der Waals surface area (Å²) in [4.78, 5) is 35.2. The SMILES string of the molecule is Cn1nc(C(=O)OCC(=O)NCC(F)(F)F)c2ccccc2c1=O. The summed E-state index contributed by atoms with van der Waals surface area (Å²) < 4.78 is 41.5. The van der Waals surface area contributed by atoms with Crippen LogP contribution in [0.15, 0.2) is 29.1 Å². The summed E-state index contributed by atoms with van der Waals surface area (Å²) in [5.41, 5.74) is -0.638. The smallest absolute Gasteiger partial charge is 0.405 e. The van der Waals surface area contributed by atoms with Gasteiger partial charge in [0.25, 0.3) is 11.5 Å². The number of carbonyl (C=O) groups is 2. The van der Waals surface area contributed by atoms with Crippen molar-refractivity contribution in [2.45, 2.75) is 6.18 Å². The Labute approximate surface area is 133 Å². The molecule has 0 atom stereocenters. The van der Waals surface area contributed by atoms with Gasteiger partial charge in [-0.25, -0.2) is 9.48 Å². The molecule has 24 heavy (non-hydrogen) atoms. The third-order valence-electron chi connectivity index (χ3n) is 2.97. The van der Waals surface area contributed by atoms with Gasteiger partial charge in [0.05, 0.1) is 5.39 Å². The molecule has 1 aromatic heterocycles. The lowest BCUT2D eigenvalue weighted by molar-refractivity contribution is -0.140. The summed E-state index contributed by atoms with van der Waals surface area (Å²) in [6, 6.07) is 6.15. The van der Waals surface area contributed by atoms with Crippen LogP contribution in [-0.4, -0.2) is 41.0 Å². The predicted octanol–water partition coefficient (Wildman–Crippen LogP) is 0.769. The van der Waals surface area contributed by atoms with Gasteiger partial charge < -0.3 is 10.1 Å². The third-order valence-corrected chi connectivity index (χ3v) is 2.97. The molecule has 10 heteroatoms. The van der Waals surface area contributed by atoms with E-state index in [0.717, 1.165) is 4.68 Å². The Bertz CT molecular complexity index is 845. The summed E-state index contributed by atoms with van der Waals surface area (Å²) >= 11 is 0. The number of ether oxygens (including phenoxy) is 1. The van der Waals surface area contributed by atoms with E-state index in [2.05, 4.69) is 9.84 Å². The number of nitrogens with one attached hydrogen (secondary N) is 1. The molecule has 1 N–H and O–H groups in total. The lowest BCUT2D eigenvalue weighted by atomic mass is 10.1. The Morgan fingerprint density at radius 1 is 1.25 bits per heavy atom. The molecular weight excluding hydrogens is 331 g/mol. The van der Waals surface area contributed by atoms with E-state index in [1.165, 1.54) is 19.2 Å². The maximum absolute atomic E-state index is 12.0. The maximum atomic E-state index is 12.0. The van der Waals surface area contributed by atoms with Crippen molar-refractivity contribution in [3.8, 4) is 0 Å². The summed E-state index contributed by atoms with van der Waals surface area (Å²) in [6.45, 7) is -2.42. The van der Waals surface area contributed by atoms with Crippen LogP contribution in [-0.2, 0) is 16.6 Å². The second-order valence-electron chi connectivity index (χ2n) is 4.79. The highest BCUT2D eigenvalue weighted by Crippen LogP contribution is 2.14. The number of fused-ring (bicyclic) bond motifs is 1. The number of aromatic nitrogens is 2. The largest absolute Gasteiger partial charge is 0.451 e. The van der Waals surface area contributed by atoms with Crippen molar-refractivity contribution >= 4 is 22.6 Å². The number of esters is 1. The van der Waals surface area contributed by atoms with Crippen LogP contribution in [0.25, 0.3) is 10.8 Å². The molecule has 0 aliphatic carbocycles. The standard InChI is InChI=1S/C14H12F3N3O4/c1-20-12(22)9-5-3-2-4-8(9)11(19-20)13(23)24-6-10(21)18-7-14(15,16)17/h2-5H,6-7H2,1H3,(H,18,21). The minimum atomic E-state index is -4.56. The number of carbonyl (C=O) groups excluding carboxylic acids is 2. The van der Waals surface area contributed by atoms with Gasteiger partial charge in [0.15, 0.2) is 12.3 Å². The van der Waals surface area contributed by atoms with Crippen LogP contribution in [0.3, 0.4) is 0 Å². The Kier molecular flexibility index (Phi) is 4.86. The lowest BCUT2D eigenvalue weighted by Gasteiger charge is -2.10. The maximum Gasteiger partial charge on any atom is 0.405 e. The fraction of sp³-hybridized carbons (Fsp3) is 0.286. The van der Waals surface area contributed by atoms with E-state index in [4.69, 9.17) is 0 Å². The average molecular weight is 343 g/mol. The van der Waals surface area contributed by atoms with Crippen molar-refractivity contribution in [3.05, 3.63) is 40.3 Å². The zero-order valence-corrected chi connectivity index (χ0v) is 12.4. The van der Waals surface area contributed by atoms with E-state index < -0.39 is 36.8 Å². The van der Waals surface area contributed by atoms with Crippen LogP contribution in [0.5, 0.6) is 0 Å². The van der Waals surface area contributed by atoms with E-state index in [1.807, 2.05) is 0 Å². The van der Waals surface area contributed by atoms with Crippen molar-refractivity contribution in [2.75, 3.05) is 13.2 Å². The molecule has 0 saturated heterocycles. The molecule has 1 heterocycles. The molecule has 2 aromatic rings. The molecule has 0 bridgehead atoms. The number of nitrogens with zero attached hydrogens (tertiary/aromatic N) is 2. The van der Waals surface area contributed by atoms with Gasteiger partial charge in [0, 0.05) is 12.4 Å². The first-order valence-electron chi connectivity index (χ1n) is 6.65. The quantitative estimate of drug-likeness (QED) is 0.828. The second kappa shape index (κ2) is 6.69. The monoisotopic (exact) mass is 343 g/mol. The van der Waals surface area contributed by atoms with Gasteiger partial charge in [-0.05, 0) is 6.07 Å². The molecule has 1 aromatic carbocycles. The number of hydrogen-bond acceptors (Lipinski definition) is 5. The number of halogens is 3. The fourth-order valence-corrected chi connectivity index (χ4v) is 1.90. The first kappa shape index (κ1) is 17.4. The van der Waals surface area contributed by atoms with Crippen LogP contribution in [0.2, 0.25) is 0 Å². The molecule has 1 amide bonds. The van der Waals surface area contributed by atoms with Gasteiger partial charge in [-0.2, -0.15) is 18.3 Å². The zero-order chi connectivity index (χ0) is 17.9. The van der Waals surface area contributed by atoms with Gasteiger partial charge in [-0.1, -0.05) is 18.2 Å². The lowest BCUT2D eigenvalue weighted by Crippen LogP contribution is -2.36. The molecule has 2 rings (SSSR count). The van der Waals surface area contributed by atoms with E-state index >= 15 is 0 Å². The van der Waals surface area contributed by atoms with Gasteiger partial charge in [-0.15, -0.1) is 0 Å². The fourth-order valence-electron chi connectivity index (χ4n) is 1.90. The summed E-state index contributed by atoms with van der Waals surface area (Å²) in [5.74, 6) is -2.13. The zero-order valence-electron chi connectivity index (χ0n) is 12.4. The molecular formula is C14H12F3N3O4. The molecule has 0 aliphatic heterocycles. The molecule has 0 aliphatic rings. The number of benzene rings is 1. The molecule has 0 fully saturated rings. The minimum absolute atomic E-state index is 0.212. The Morgan fingerprint density at radius 2 is 1.88 bits per heavy atom. The predicted molar refractivity (Wildman–Crippen MR) is 76.3 cm³/mol. The summed E-state index contributed by atoms with van der Waals surface area (Å²) in [6.07, 6.45) is -4.56.